The number of rotatable bonds is 5. The summed E-state index contributed by atoms with van der Waals surface area (Å²) < 4.78 is 10.5. The normalized spacial score (nSPS) is 10.4. The van der Waals surface area contributed by atoms with Gasteiger partial charge in [-0.15, -0.1) is 0 Å². The Bertz CT molecular complexity index is 463. The average molecular weight is 264 g/mol. The van der Waals surface area contributed by atoms with Gasteiger partial charge in [-0.05, 0) is 12.0 Å². The van der Waals surface area contributed by atoms with Gasteiger partial charge in [0, 0.05) is 18.4 Å². The predicted octanol–water partition coefficient (Wildman–Crippen LogP) is 3.44. The van der Waals surface area contributed by atoms with Crippen LogP contribution >= 0.6 is 0 Å². The molecule has 4 heteroatoms. The fourth-order valence-electron chi connectivity index (χ4n) is 1.56. The molecular weight excluding hydrogens is 244 g/mol. The largest absolute Gasteiger partial charge is 0.423 e. The van der Waals surface area contributed by atoms with Crippen LogP contribution < -0.4 is 9.47 Å². The first-order chi connectivity index (χ1) is 8.99. The van der Waals surface area contributed by atoms with Crippen molar-refractivity contribution in [2.24, 2.45) is 0 Å². The molecular formula is C15H20O4. The van der Waals surface area contributed by atoms with Crippen LogP contribution in [0.1, 0.15) is 52.0 Å². The van der Waals surface area contributed by atoms with E-state index in [4.69, 9.17) is 9.47 Å². The zero-order valence-electron chi connectivity index (χ0n) is 11.9. The fraction of sp³-hybridized carbons (Fsp3) is 0.467. The minimum Gasteiger partial charge on any atom is -0.423 e. The third kappa shape index (κ3) is 4.09. The number of carbonyl (C=O) groups excluding carboxylic acids is 2. The van der Waals surface area contributed by atoms with Crippen LogP contribution in [0.15, 0.2) is 18.2 Å². The number of esters is 2. The molecule has 0 aromatic heterocycles. The van der Waals surface area contributed by atoms with Gasteiger partial charge in [-0.3, -0.25) is 9.59 Å². The lowest BCUT2D eigenvalue weighted by Gasteiger charge is -2.16. The van der Waals surface area contributed by atoms with Crippen LogP contribution in [0.5, 0.6) is 11.5 Å². The zero-order chi connectivity index (χ0) is 14.4. The molecule has 4 nitrogen and oxygen atoms in total. The summed E-state index contributed by atoms with van der Waals surface area (Å²) >= 11 is 0. The zero-order valence-corrected chi connectivity index (χ0v) is 11.9. The van der Waals surface area contributed by atoms with Crippen molar-refractivity contribution in [2.45, 2.75) is 46.5 Å². The fourth-order valence-corrected chi connectivity index (χ4v) is 1.56. The maximum atomic E-state index is 11.5. The Morgan fingerprint density at radius 2 is 1.63 bits per heavy atom. The van der Waals surface area contributed by atoms with Crippen molar-refractivity contribution < 1.29 is 19.1 Å². The molecule has 104 valence electrons. The number of hydrogen-bond acceptors (Lipinski definition) is 4. The molecule has 0 N–H and O–H groups in total. The van der Waals surface area contributed by atoms with Crippen molar-refractivity contribution in [3.63, 3.8) is 0 Å². The van der Waals surface area contributed by atoms with E-state index in [9.17, 15) is 9.59 Å². The van der Waals surface area contributed by atoms with Gasteiger partial charge in [0.05, 0.1) is 0 Å². The highest BCUT2D eigenvalue weighted by atomic mass is 16.6. The molecule has 0 bridgehead atoms. The molecule has 0 spiro atoms. The van der Waals surface area contributed by atoms with E-state index >= 15 is 0 Å². The van der Waals surface area contributed by atoms with Gasteiger partial charge in [0.1, 0.15) is 0 Å². The van der Waals surface area contributed by atoms with E-state index in [0.717, 1.165) is 5.56 Å². The van der Waals surface area contributed by atoms with Crippen LogP contribution in [0.2, 0.25) is 0 Å². The van der Waals surface area contributed by atoms with Gasteiger partial charge in [0.25, 0.3) is 0 Å². The summed E-state index contributed by atoms with van der Waals surface area (Å²) in [7, 11) is 0. The highest BCUT2D eigenvalue weighted by Crippen LogP contribution is 2.36. The second kappa shape index (κ2) is 6.92. The van der Waals surface area contributed by atoms with Crippen molar-refractivity contribution >= 4 is 11.9 Å². The quantitative estimate of drug-likeness (QED) is 0.604. The van der Waals surface area contributed by atoms with Crippen LogP contribution in [-0.2, 0) is 9.59 Å². The third-order valence-corrected chi connectivity index (χ3v) is 2.65. The first-order valence-corrected chi connectivity index (χ1v) is 6.53. The van der Waals surface area contributed by atoms with Crippen LogP contribution in [0.25, 0.3) is 0 Å². The Morgan fingerprint density at radius 3 is 2.16 bits per heavy atom. The molecule has 19 heavy (non-hydrogen) atoms. The van der Waals surface area contributed by atoms with E-state index < -0.39 is 0 Å². The Labute approximate surface area is 113 Å². The van der Waals surface area contributed by atoms with Gasteiger partial charge < -0.3 is 9.47 Å². The molecule has 0 atom stereocenters. The Hall–Kier alpha value is -1.84. The molecule has 1 rings (SSSR count). The summed E-state index contributed by atoms with van der Waals surface area (Å²) in [6, 6.07) is 5.29. The number of para-hydroxylation sites is 1. The van der Waals surface area contributed by atoms with Gasteiger partial charge in [0.15, 0.2) is 11.5 Å². The Kier molecular flexibility index (Phi) is 5.55. The monoisotopic (exact) mass is 264 g/mol. The van der Waals surface area contributed by atoms with Crippen LogP contribution in [0, 0.1) is 0 Å². The Balaban J connectivity index is 3.17. The predicted molar refractivity (Wildman–Crippen MR) is 72.4 cm³/mol. The van der Waals surface area contributed by atoms with Crippen LogP contribution in [-0.4, -0.2) is 11.9 Å². The summed E-state index contributed by atoms with van der Waals surface area (Å²) in [6.07, 6.45) is 0.542. The van der Waals surface area contributed by atoms with E-state index in [1.54, 1.807) is 26.0 Å². The van der Waals surface area contributed by atoms with Crippen molar-refractivity contribution in [3.8, 4) is 11.5 Å². The number of carbonyl (C=O) groups is 2. The van der Waals surface area contributed by atoms with E-state index in [1.165, 1.54) is 0 Å². The highest BCUT2D eigenvalue weighted by molar-refractivity contribution is 5.76. The maximum Gasteiger partial charge on any atom is 0.311 e. The van der Waals surface area contributed by atoms with E-state index in [2.05, 4.69) is 0 Å². The molecule has 0 fully saturated rings. The SMILES string of the molecule is CCC(=O)Oc1cccc(C(C)C)c1OC(=O)CC. The molecule has 0 aliphatic carbocycles. The smallest absolute Gasteiger partial charge is 0.311 e. The molecule has 1 aromatic carbocycles. The molecule has 0 saturated heterocycles. The highest BCUT2D eigenvalue weighted by Gasteiger charge is 2.18. The van der Waals surface area contributed by atoms with E-state index in [-0.39, 0.29) is 30.7 Å². The summed E-state index contributed by atoms with van der Waals surface area (Å²) in [5.41, 5.74) is 0.850. The van der Waals surface area contributed by atoms with Crippen molar-refractivity contribution in [1.29, 1.82) is 0 Å². The summed E-state index contributed by atoms with van der Waals surface area (Å²) in [4.78, 5) is 22.9. The van der Waals surface area contributed by atoms with Gasteiger partial charge in [-0.1, -0.05) is 39.8 Å². The summed E-state index contributed by atoms with van der Waals surface area (Å²) in [5, 5.41) is 0. The minimum atomic E-state index is -0.352. The van der Waals surface area contributed by atoms with Crippen molar-refractivity contribution in [3.05, 3.63) is 23.8 Å². The number of ether oxygens (including phenoxy) is 2. The minimum absolute atomic E-state index is 0.167. The maximum absolute atomic E-state index is 11.5. The molecule has 0 heterocycles. The van der Waals surface area contributed by atoms with E-state index in [0.29, 0.717) is 11.5 Å². The van der Waals surface area contributed by atoms with Crippen molar-refractivity contribution in [2.75, 3.05) is 0 Å². The van der Waals surface area contributed by atoms with Crippen molar-refractivity contribution in [1.82, 2.24) is 0 Å². The topological polar surface area (TPSA) is 52.6 Å². The molecule has 0 unspecified atom stereocenters. The molecule has 0 saturated carbocycles. The van der Waals surface area contributed by atoms with Gasteiger partial charge in [0.2, 0.25) is 0 Å². The first-order valence-electron chi connectivity index (χ1n) is 6.53. The second-order valence-corrected chi connectivity index (χ2v) is 4.48. The lowest BCUT2D eigenvalue weighted by Crippen LogP contribution is -2.12. The summed E-state index contributed by atoms with van der Waals surface area (Å²) in [6.45, 7) is 7.42. The molecule has 0 aliphatic rings. The molecule has 0 radical (unpaired) electrons. The number of hydrogen-bond donors (Lipinski definition) is 0. The number of benzene rings is 1. The van der Waals surface area contributed by atoms with E-state index in [1.807, 2.05) is 19.9 Å². The van der Waals surface area contributed by atoms with Gasteiger partial charge in [-0.2, -0.15) is 0 Å². The average Bonchev–Trinajstić information content (AvgIpc) is 2.39. The standard InChI is InChI=1S/C15H20O4/c1-5-13(16)18-12-9-7-8-11(10(3)4)15(12)19-14(17)6-2/h7-10H,5-6H2,1-4H3. The van der Waals surface area contributed by atoms with Crippen LogP contribution in [0.3, 0.4) is 0 Å². The lowest BCUT2D eigenvalue weighted by molar-refractivity contribution is -0.136. The summed E-state index contributed by atoms with van der Waals surface area (Å²) in [5.74, 6) is 0.127. The third-order valence-electron chi connectivity index (χ3n) is 2.65. The molecule has 0 aliphatic heterocycles. The molecule has 1 aromatic rings. The first kappa shape index (κ1) is 15.2. The molecule has 0 amide bonds. The van der Waals surface area contributed by atoms with Gasteiger partial charge >= 0.3 is 11.9 Å². The second-order valence-electron chi connectivity index (χ2n) is 4.48. The van der Waals surface area contributed by atoms with Gasteiger partial charge in [-0.25, -0.2) is 0 Å². The van der Waals surface area contributed by atoms with Crippen LogP contribution in [0.4, 0.5) is 0 Å². The lowest BCUT2D eigenvalue weighted by atomic mass is 10.0. The Morgan fingerprint density at radius 1 is 1.05 bits per heavy atom.